The molecule has 0 N–H and O–H groups in total. The number of alkyl halides is 2. The fourth-order valence-corrected chi connectivity index (χ4v) is 6.24. The molecule has 3 rings (SSSR count). The molecule has 3 aliphatic rings. The summed E-state index contributed by atoms with van der Waals surface area (Å²) in [5, 5.41) is 0. The zero-order valence-electron chi connectivity index (χ0n) is 17.8. The van der Waals surface area contributed by atoms with Crippen LogP contribution in [0.3, 0.4) is 0 Å². The molecule has 0 spiro atoms. The summed E-state index contributed by atoms with van der Waals surface area (Å²) in [5.74, 6) is 3.38. The molecule has 0 bridgehead atoms. The monoisotopic (exact) mass is 440 g/mol. The second-order valence-electron chi connectivity index (χ2n) is 9.82. The molecule has 0 aliphatic heterocycles. The molecular weight excluding hydrogens is 399 g/mol. The van der Waals surface area contributed by atoms with Gasteiger partial charge in [0.1, 0.15) is 11.7 Å². The molecule has 156 valence electrons. The van der Waals surface area contributed by atoms with E-state index >= 15 is 0 Å². The Morgan fingerprint density at radius 1 is 0.769 bits per heavy atom. The Bertz CT molecular complexity index is 335. The molecule has 2 atom stereocenters. The van der Waals surface area contributed by atoms with E-state index in [1.807, 2.05) is 0 Å². The van der Waals surface area contributed by atoms with Crippen molar-refractivity contribution in [3.05, 3.63) is 0 Å². The lowest BCUT2D eigenvalue weighted by molar-refractivity contribution is 0.277. The van der Waals surface area contributed by atoms with Crippen LogP contribution in [0.25, 0.3) is 0 Å². The Labute approximate surface area is 179 Å². The Kier molecular flexibility index (Phi) is 12.2. The molecule has 4 heteroatoms. The van der Waals surface area contributed by atoms with Crippen molar-refractivity contribution in [2.24, 2.45) is 17.8 Å². The standard InChI is InChI=1S/C10H21ClSi.C9H16.C3H6Cl2/c1-12(2,11)9-5-8-10-6-3-4-7-10;1-2-5-9-7-3-6-8(9)4-1;1-3(2,4)5/h10H,3-9H2,1-2H3;8-9H,1-7H2;1-2H3. The first-order chi connectivity index (χ1) is 12.0. The van der Waals surface area contributed by atoms with Crippen molar-refractivity contribution in [2.45, 2.75) is 121 Å². The van der Waals surface area contributed by atoms with E-state index in [4.69, 9.17) is 34.3 Å². The summed E-state index contributed by atoms with van der Waals surface area (Å²) in [6.07, 6.45) is 19.6. The second-order valence-corrected chi connectivity index (χ2v) is 18.9. The van der Waals surface area contributed by atoms with Gasteiger partial charge in [-0.25, -0.2) is 0 Å². The smallest absolute Gasteiger partial charge is 0.150 e. The van der Waals surface area contributed by atoms with Gasteiger partial charge in [0, 0.05) is 0 Å². The van der Waals surface area contributed by atoms with Crippen LogP contribution in [-0.4, -0.2) is 11.7 Å². The van der Waals surface area contributed by atoms with Crippen molar-refractivity contribution in [2.75, 3.05) is 0 Å². The quantitative estimate of drug-likeness (QED) is 0.231. The highest BCUT2D eigenvalue weighted by Crippen LogP contribution is 2.41. The Balaban J connectivity index is 0.000000213. The van der Waals surface area contributed by atoms with Crippen molar-refractivity contribution < 1.29 is 0 Å². The van der Waals surface area contributed by atoms with Crippen molar-refractivity contribution in [1.82, 2.24) is 0 Å². The number of rotatable bonds is 4. The number of fused-ring (bicyclic) bond motifs is 1. The molecule has 3 aliphatic carbocycles. The minimum atomic E-state index is -1.26. The third-order valence-electron chi connectivity index (χ3n) is 6.07. The van der Waals surface area contributed by atoms with Crippen molar-refractivity contribution >= 4 is 41.7 Å². The van der Waals surface area contributed by atoms with Gasteiger partial charge >= 0.3 is 0 Å². The van der Waals surface area contributed by atoms with Gasteiger partial charge in [-0.2, -0.15) is 11.1 Å². The summed E-state index contributed by atoms with van der Waals surface area (Å²) in [7, 11) is -1.26. The molecule has 0 aromatic heterocycles. The van der Waals surface area contributed by atoms with Crippen LogP contribution in [0, 0.1) is 17.8 Å². The topological polar surface area (TPSA) is 0 Å². The average Bonchev–Trinajstić information content (AvgIpc) is 3.15. The zero-order chi connectivity index (χ0) is 19.6. The van der Waals surface area contributed by atoms with Gasteiger partial charge in [-0.3, -0.25) is 0 Å². The molecule has 0 radical (unpaired) electrons. The van der Waals surface area contributed by atoms with Crippen molar-refractivity contribution in [3.8, 4) is 0 Å². The summed E-state index contributed by atoms with van der Waals surface area (Å²) in [6.45, 7) is 7.94. The molecule has 26 heavy (non-hydrogen) atoms. The van der Waals surface area contributed by atoms with Gasteiger partial charge in [0.15, 0.2) is 0 Å². The first-order valence-corrected chi connectivity index (χ1v) is 16.1. The van der Waals surface area contributed by atoms with Crippen LogP contribution in [0.4, 0.5) is 0 Å². The SMILES string of the molecule is C1CCC2CCCC2C1.CC(C)(Cl)Cl.C[Si](C)(Cl)CCCC1CCCC1. The summed E-state index contributed by atoms with van der Waals surface area (Å²) < 4.78 is -0.556. The maximum atomic E-state index is 6.26. The third kappa shape index (κ3) is 14.1. The highest BCUT2D eigenvalue weighted by molar-refractivity contribution is 7.19. The van der Waals surface area contributed by atoms with E-state index in [-0.39, 0.29) is 0 Å². The van der Waals surface area contributed by atoms with Crippen LogP contribution in [-0.2, 0) is 0 Å². The lowest BCUT2D eigenvalue weighted by atomic mass is 9.82. The molecule has 3 saturated carbocycles. The molecule has 0 saturated heterocycles. The molecular formula is C22H43Cl3Si. The predicted octanol–water partition coefficient (Wildman–Crippen LogP) is 9.58. The summed E-state index contributed by atoms with van der Waals surface area (Å²) >= 11 is 16.8. The van der Waals surface area contributed by atoms with E-state index in [9.17, 15) is 0 Å². The first kappa shape index (κ1) is 25.1. The van der Waals surface area contributed by atoms with Gasteiger partial charge in [-0.1, -0.05) is 96.6 Å². The van der Waals surface area contributed by atoms with Crippen LogP contribution in [0.5, 0.6) is 0 Å². The minimum Gasteiger partial charge on any atom is -0.168 e. The van der Waals surface area contributed by atoms with Crippen molar-refractivity contribution in [3.63, 3.8) is 0 Å². The minimum absolute atomic E-state index is 0.556. The van der Waals surface area contributed by atoms with Gasteiger partial charge in [0.25, 0.3) is 0 Å². The number of hydrogen-bond donors (Lipinski definition) is 0. The summed E-state index contributed by atoms with van der Waals surface area (Å²) in [5.41, 5.74) is 0. The summed E-state index contributed by atoms with van der Waals surface area (Å²) in [6, 6.07) is 1.31. The van der Waals surface area contributed by atoms with E-state index in [1.54, 1.807) is 39.5 Å². The largest absolute Gasteiger partial charge is 0.168 e. The average molecular weight is 442 g/mol. The molecule has 0 aromatic rings. The van der Waals surface area contributed by atoms with Gasteiger partial charge in [0.2, 0.25) is 0 Å². The number of hydrogen-bond acceptors (Lipinski definition) is 0. The Morgan fingerprint density at radius 3 is 1.58 bits per heavy atom. The maximum Gasteiger partial charge on any atom is 0.150 e. The second kappa shape index (κ2) is 12.6. The summed E-state index contributed by atoms with van der Waals surface area (Å²) in [4.78, 5) is 0. The van der Waals surface area contributed by atoms with Gasteiger partial charge in [-0.05, 0) is 37.6 Å². The first-order valence-electron chi connectivity index (χ1n) is 11.1. The lowest BCUT2D eigenvalue weighted by Gasteiger charge is -2.24. The van der Waals surface area contributed by atoms with E-state index in [1.165, 1.54) is 75.7 Å². The van der Waals surface area contributed by atoms with Gasteiger partial charge < -0.3 is 0 Å². The van der Waals surface area contributed by atoms with Crippen LogP contribution in [0.1, 0.15) is 97.3 Å². The fraction of sp³-hybridized carbons (Fsp3) is 1.00. The van der Waals surface area contributed by atoms with Crippen LogP contribution >= 0.6 is 34.3 Å². The highest BCUT2D eigenvalue weighted by Gasteiger charge is 2.28. The molecule has 2 unspecified atom stereocenters. The zero-order valence-corrected chi connectivity index (χ0v) is 21.0. The van der Waals surface area contributed by atoms with Gasteiger partial charge in [-0.15, -0.1) is 23.2 Å². The van der Waals surface area contributed by atoms with E-state index in [0.29, 0.717) is 0 Å². The Morgan fingerprint density at radius 2 is 1.15 bits per heavy atom. The molecule has 3 fully saturated rings. The lowest BCUT2D eigenvalue weighted by Crippen LogP contribution is -2.15. The fourth-order valence-electron chi connectivity index (χ4n) is 4.80. The highest BCUT2D eigenvalue weighted by atomic mass is 35.6. The van der Waals surface area contributed by atoms with Crippen LogP contribution in [0.2, 0.25) is 19.1 Å². The van der Waals surface area contributed by atoms with E-state index < -0.39 is 11.7 Å². The maximum absolute atomic E-state index is 6.26. The van der Waals surface area contributed by atoms with E-state index in [2.05, 4.69) is 13.1 Å². The third-order valence-corrected chi connectivity index (χ3v) is 8.18. The predicted molar refractivity (Wildman–Crippen MR) is 124 cm³/mol. The normalized spacial score (nSPS) is 26.4. The van der Waals surface area contributed by atoms with E-state index in [0.717, 1.165) is 5.92 Å². The molecule has 0 heterocycles. The van der Waals surface area contributed by atoms with Crippen molar-refractivity contribution in [1.29, 1.82) is 0 Å². The number of halogens is 3. The van der Waals surface area contributed by atoms with Crippen LogP contribution in [0.15, 0.2) is 0 Å². The molecule has 0 amide bonds. The molecule has 0 aromatic carbocycles. The van der Waals surface area contributed by atoms with Crippen LogP contribution < -0.4 is 0 Å². The molecule has 0 nitrogen and oxygen atoms in total. The van der Waals surface area contributed by atoms with Gasteiger partial charge in [0.05, 0.1) is 0 Å². The Hall–Kier alpha value is 1.09.